The lowest BCUT2D eigenvalue weighted by Crippen LogP contribution is -2.56. The SMILES string of the molecule is COc1cc(CC(=O)NNC(=O)C23CC4CC(CC(C4)C2)C3)cc(OC)c1OC. The summed E-state index contributed by atoms with van der Waals surface area (Å²) in [5, 5.41) is 0. The van der Waals surface area contributed by atoms with Crippen LogP contribution in [0.3, 0.4) is 0 Å². The van der Waals surface area contributed by atoms with E-state index in [9.17, 15) is 9.59 Å². The quantitative estimate of drug-likeness (QED) is 0.715. The van der Waals surface area contributed by atoms with Crippen molar-refractivity contribution in [1.29, 1.82) is 0 Å². The minimum absolute atomic E-state index is 0.0187. The fourth-order valence-electron chi connectivity index (χ4n) is 6.11. The molecule has 1 aromatic rings. The van der Waals surface area contributed by atoms with Crippen molar-refractivity contribution in [1.82, 2.24) is 10.9 Å². The first-order valence-electron chi connectivity index (χ1n) is 10.3. The highest BCUT2D eigenvalue weighted by Gasteiger charge is 2.54. The Morgan fingerprint density at radius 2 is 1.41 bits per heavy atom. The third-order valence-electron chi connectivity index (χ3n) is 6.92. The summed E-state index contributed by atoms with van der Waals surface area (Å²) in [5.41, 5.74) is 5.75. The van der Waals surface area contributed by atoms with Crippen LogP contribution in [0.15, 0.2) is 12.1 Å². The minimum atomic E-state index is -0.283. The number of nitrogens with one attached hydrogen (secondary N) is 2. The largest absolute Gasteiger partial charge is 0.493 e. The summed E-state index contributed by atoms with van der Waals surface area (Å²) in [7, 11) is 4.60. The summed E-state index contributed by atoms with van der Waals surface area (Å²) < 4.78 is 16.0. The molecule has 4 fully saturated rings. The lowest BCUT2D eigenvalue weighted by atomic mass is 9.49. The molecule has 2 amide bonds. The van der Waals surface area contributed by atoms with Crippen molar-refractivity contribution in [2.75, 3.05) is 21.3 Å². The predicted molar refractivity (Wildman–Crippen MR) is 107 cm³/mol. The normalized spacial score (nSPS) is 29.3. The van der Waals surface area contributed by atoms with Gasteiger partial charge in [-0.3, -0.25) is 20.4 Å². The zero-order chi connectivity index (χ0) is 20.6. The predicted octanol–water partition coefficient (Wildman–Crippen LogP) is 2.62. The molecule has 5 rings (SSSR count). The number of amides is 2. The van der Waals surface area contributed by atoms with E-state index in [0.717, 1.165) is 19.3 Å². The zero-order valence-corrected chi connectivity index (χ0v) is 17.4. The van der Waals surface area contributed by atoms with Crippen molar-refractivity contribution in [2.24, 2.45) is 23.2 Å². The maximum absolute atomic E-state index is 13.0. The summed E-state index contributed by atoms with van der Waals surface area (Å²) in [5.74, 6) is 3.21. The highest BCUT2D eigenvalue weighted by atomic mass is 16.5. The number of hydrogen-bond donors (Lipinski definition) is 2. The van der Waals surface area contributed by atoms with Crippen LogP contribution in [0.4, 0.5) is 0 Å². The van der Waals surface area contributed by atoms with Crippen molar-refractivity contribution < 1.29 is 23.8 Å². The van der Waals surface area contributed by atoms with Gasteiger partial charge in [-0.25, -0.2) is 0 Å². The molecule has 4 aliphatic rings. The highest BCUT2D eigenvalue weighted by molar-refractivity contribution is 5.87. The minimum Gasteiger partial charge on any atom is -0.493 e. The van der Waals surface area contributed by atoms with Gasteiger partial charge in [0.2, 0.25) is 17.6 Å². The molecule has 0 unspecified atom stereocenters. The van der Waals surface area contributed by atoms with Crippen molar-refractivity contribution in [3.05, 3.63) is 17.7 Å². The van der Waals surface area contributed by atoms with Gasteiger partial charge in [0.1, 0.15) is 0 Å². The molecule has 158 valence electrons. The molecule has 0 aromatic heterocycles. The molecule has 2 N–H and O–H groups in total. The van der Waals surface area contributed by atoms with Crippen LogP contribution in [0.1, 0.15) is 44.1 Å². The molecule has 0 saturated heterocycles. The number of hydrazine groups is 1. The molecular formula is C22H30N2O5. The number of rotatable bonds is 6. The maximum Gasteiger partial charge on any atom is 0.244 e. The standard InChI is InChI=1S/C22H30N2O5/c1-27-17-7-13(8-18(28-2)20(17)29-3)9-19(25)23-24-21(26)22-10-14-4-15(11-22)6-16(5-14)12-22/h7-8,14-16H,4-6,9-12H2,1-3H3,(H,23,25)(H,24,26). The molecule has 0 heterocycles. The third kappa shape index (κ3) is 3.74. The van der Waals surface area contributed by atoms with Gasteiger partial charge in [0.05, 0.1) is 33.2 Å². The van der Waals surface area contributed by atoms with Crippen LogP contribution in [0, 0.1) is 23.2 Å². The zero-order valence-electron chi connectivity index (χ0n) is 17.4. The van der Waals surface area contributed by atoms with Crippen LogP contribution >= 0.6 is 0 Å². The van der Waals surface area contributed by atoms with E-state index in [4.69, 9.17) is 14.2 Å². The molecule has 4 aliphatic carbocycles. The van der Waals surface area contributed by atoms with Crippen LogP contribution in [-0.4, -0.2) is 33.1 Å². The Morgan fingerprint density at radius 1 is 0.897 bits per heavy atom. The van der Waals surface area contributed by atoms with Gasteiger partial charge in [-0.1, -0.05) is 0 Å². The molecule has 0 radical (unpaired) electrons. The Labute approximate surface area is 171 Å². The van der Waals surface area contributed by atoms with Crippen molar-refractivity contribution in [2.45, 2.75) is 44.9 Å². The number of ether oxygens (including phenoxy) is 3. The smallest absolute Gasteiger partial charge is 0.244 e. The monoisotopic (exact) mass is 402 g/mol. The van der Waals surface area contributed by atoms with E-state index < -0.39 is 0 Å². The van der Waals surface area contributed by atoms with E-state index in [2.05, 4.69) is 10.9 Å². The number of carbonyl (C=O) groups excluding carboxylic acids is 2. The third-order valence-corrected chi connectivity index (χ3v) is 6.92. The van der Waals surface area contributed by atoms with Crippen molar-refractivity contribution in [3.8, 4) is 17.2 Å². The Balaban J connectivity index is 1.38. The van der Waals surface area contributed by atoms with Gasteiger partial charge in [0, 0.05) is 0 Å². The Bertz CT molecular complexity index is 746. The molecule has 7 heteroatoms. The number of methoxy groups -OCH3 is 3. The second kappa shape index (κ2) is 7.76. The van der Waals surface area contributed by atoms with Crippen LogP contribution in [0.5, 0.6) is 17.2 Å². The first kappa shape index (κ1) is 19.9. The molecule has 0 atom stereocenters. The van der Waals surface area contributed by atoms with Gasteiger partial charge in [0.25, 0.3) is 0 Å². The maximum atomic E-state index is 13.0. The molecular weight excluding hydrogens is 372 g/mol. The summed E-state index contributed by atoms with van der Waals surface area (Å²) in [6.45, 7) is 0. The molecule has 4 saturated carbocycles. The van der Waals surface area contributed by atoms with Crippen molar-refractivity contribution >= 4 is 11.8 Å². The van der Waals surface area contributed by atoms with Crippen molar-refractivity contribution in [3.63, 3.8) is 0 Å². The highest BCUT2D eigenvalue weighted by Crippen LogP contribution is 2.60. The lowest BCUT2D eigenvalue weighted by molar-refractivity contribution is -0.148. The second-order valence-corrected chi connectivity index (χ2v) is 8.91. The van der Waals surface area contributed by atoms with Gasteiger partial charge in [-0.2, -0.15) is 0 Å². The molecule has 4 bridgehead atoms. The molecule has 0 aliphatic heterocycles. The van der Waals surface area contributed by atoms with Crippen LogP contribution in [0.25, 0.3) is 0 Å². The first-order chi connectivity index (χ1) is 14.0. The van der Waals surface area contributed by atoms with Crippen LogP contribution in [0.2, 0.25) is 0 Å². The fraction of sp³-hybridized carbons (Fsp3) is 0.636. The first-order valence-corrected chi connectivity index (χ1v) is 10.3. The topological polar surface area (TPSA) is 85.9 Å². The number of carbonyl (C=O) groups is 2. The summed E-state index contributed by atoms with van der Waals surface area (Å²) in [6, 6.07) is 3.48. The van der Waals surface area contributed by atoms with E-state index in [1.165, 1.54) is 40.6 Å². The van der Waals surface area contributed by atoms with Gasteiger partial charge in [-0.05, 0) is 74.0 Å². The fourth-order valence-corrected chi connectivity index (χ4v) is 6.11. The molecule has 7 nitrogen and oxygen atoms in total. The molecule has 29 heavy (non-hydrogen) atoms. The number of hydrogen-bond acceptors (Lipinski definition) is 5. The van der Waals surface area contributed by atoms with E-state index in [-0.39, 0.29) is 23.7 Å². The number of benzene rings is 1. The van der Waals surface area contributed by atoms with Gasteiger partial charge in [0.15, 0.2) is 11.5 Å². The van der Waals surface area contributed by atoms with Gasteiger partial charge in [-0.15, -0.1) is 0 Å². The Hall–Kier alpha value is -2.44. The Kier molecular flexibility index (Phi) is 5.32. The summed E-state index contributed by atoms with van der Waals surface area (Å²) in [4.78, 5) is 25.4. The van der Waals surface area contributed by atoms with E-state index in [1.54, 1.807) is 12.1 Å². The second-order valence-electron chi connectivity index (χ2n) is 8.91. The molecule has 0 spiro atoms. The van der Waals surface area contributed by atoms with E-state index in [0.29, 0.717) is 40.6 Å². The van der Waals surface area contributed by atoms with E-state index in [1.807, 2.05) is 0 Å². The van der Waals surface area contributed by atoms with Gasteiger partial charge < -0.3 is 14.2 Å². The average molecular weight is 402 g/mol. The van der Waals surface area contributed by atoms with Gasteiger partial charge >= 0.3 is 0 Å². The van der Waals surface area contributed by atoms with E-state index >= 15 is 0 Å². The summed E-state index contributed by atoms with van der Waals surface area (Å²) in [6.07, 6.45) is 6.83. The average Bonchev–Trinajstić information content (AvgIpc) is 2.70. The van der Waals surface area contributed by atoms with Crippen LogP contribution in [-0.2, 0) is 16.0 Å². The van der Waals surface area contributed by atoms with Crippen LogP contribution < -0.4 is 25.1 Å². The Morgan fingerprint density at radius 3 is 1.86 bits per heavy atom. The lowest BCUT2D eigenvalue weighted by Gasteiger charge is -2.55. The molecule has 1 aromatic carbocycles. The summed E-state index contributed by atoms with van der Waals surface area (Å²) >= 11 is 0.